The Morgan fingerprint density at radius 3 is 2.79 bits per heavy atom. The highest BCUT2D eigenvalue weighted by Crippen LogP contribution is 2.34. The zero-order valence-electron chi connectivity index (χ0n) is 17.0. The highest BCUT2D eigenvalue weighted by atomic mass is 35.5. The van der Waals surface area contributed by atoms with E-state index in [1.54, 1.807) is 18.2 Å². The summed E-state index contributed by atoms with van der Waals surface area (Å²) >= 11 is 7.31. The van der Waals surface area contributed by atoms with E-state index in [9.17, 15) is 9.59 Å². The van der Waals surface area contributed by atoms with Crippen molar-refractivity contribution in [3.63, 3.8) is 0 Å². The van der Waals surface area contributed by atoms with Gasteiger partial charge >= 0.3 is 0 Å². The molecule has 0 bridgehead atoms. The monoisotopic (exact) mass is 432 g/mol. The number of benzene rings is 1. The standard InChI is InChI=1S/C21H25ClN4O2S/c1-12-8-14(11-21(3,4)10-12)25-26-20-24-19(28)17(29-20)9-18(27)23-16-7-5-6-15(22)13(16)2/h5-8,17H,9-11H2,1-4H3,(H,23,27)(H,24,26,28)/b25-14-/t17-/m0/s1. The number of carbonyl (C=O) groups excluding carboxylic acids is 2. The smallest absolute Gasteiger partial charge is 0.240 e. The number of nitrogens with one attached hydrogen (secondary N) is 2. The van der Waals surface area contributed by atoms with Crippen molar-refractivity contribution >= 4 is 51.7 Å². The molecule has 1 aromatic carbocycles. The molecule has 8 heteroatoms. The molecule has 2 N–H and O–H groups in total. The molecule has 0 unspecified atom stereocenters. The number of allylic oxidation sites excluding steroid dienone is 2. The lowest BCUT2D eigenvalue weighted by molar-refractivity contribution is -0.122. The molecule has 1 heterocycles. The zero-order valence-corrected chi connectivity index (χ0v) is 18.6. The summed E-state index contributed by atoms with van der Waals surface area (Å²) < 4.78 is 0. The van der Waals surface area contributed by atoms with E-state index >= 15 is 0 Å². The molecule has 2 aliphatic rings. The van der Waals surface area contributed by atoms with Gasteiger partial charge in [-0.25, -0.2) is 0 Å². The minimum absolute atomic E-state index is 0.0457. The quantitative estimate of drug-likeness (QED) is 0.677. The summed E-state index contributed by atoms with van der Waals surface area (Å²) in [5.74, 6) is -0.481. The molecule has 6 nitrogen and oxygen atoms in total. The van der Waals surface area contributed by atoms with Crippen molar-refractivity contribution in [2.75, 3.05) is 5.32 Å². The van der Waals surface area contributed by atoms with Gasteiger partial charge in [-0.3, -0.25) is 9.59 Å². The molecular weight excluding hydrogens is 408 g/mol. The predicted octanol–water partition coefficient (Wildman–Crippen LogP) is 4.69. The second-order valence-corrected chi connectivity index (χ2v) is 9.86. The van der Waals surface area contributed by atoms with Crippen molar-refractivity contribution in [3.8, 4) is 0 Å². The second kappa shape index (κ2) is 8.71. The molecule has 0 saturated carbocycles. The summed E-state index contributed by atoms with van der Waals surface area (Å²) in [5.41, 5.74) is 3.77. The number of nitrogens with zero attached hydrogens (tertiary/aromatic N) is 2. The molecule has 0 radical (unpaired) electrons. The van der Waals surface area contributed by atoms with Gasteiger partial charge in [-0.15, -0.1) is 5.10 Å². The molecule has 0 spiro atoms. The van der Waals surface area contributed by atoms with Crippen LogP contribution in [0.5, 0.6) is 0 Å². The molecule has 1 fully saturated rings. The SMILES string of the molecule is CC1=C/C(=N/N=C2\NC(=O)[C@H](CC(=O)Nc3cccc(Cl)c3C)S2)CC(C)(C)C1. The molecular formula is C21H25ClN4O2S. The number of amides is 2. The Kier molecular flexibility index (Phi) is 6.49. The van der Waals surface area contributed by atoms with Gasteiger partial charge in [0.15, 0.2) is 5.17 Å². The summed E-state index contributed by atoms with van der Waals surface area (Å²) in [7, 11) is 0. The van der Waals surface area contributed by atoms with Gasteiger partial charge in [0.1, 0.15) is 5.25 Å². The lowest BCUT2D eigenvalue weighted by Crippen LogP contribution is -2.28. The minimum atomic E-state index is -0.534. The number of amidine groups is 1. The van der Waals surface area contributed by atoms with E-state index in [2.05, 4.69) is 47.7 Å². The number of rotatable bonds is 4. The summed E-state index contributed by atoms with van der Waals surface area (Å²) in [6.45, 7) is 8.33. The van der Waals surface area contributed by atoms with Crippen LogP contribution in [0.1, 0.15) is 45.6 Å². The number of carbonyl (C=O) groups is 2. The number of halogens is 1. The first-order chi connectivity index (χ1) is 13.6. The highest BCUT2D eigenvalue weighted by molar-refractivity contribution is 8.15. The Morgan fingerprint density at radius 2 is 2.07 bits per heavy atom. The van der Waals surface area contributed by atoms with E-state index in [4.69, 9.17) is 11.6 Å². The van der Waals surface area contributed by atoms with Crippen molar-refractivity contribution in [1.29, 1.82) is 0 Å². The van der Waals surface area contributed by atoms with Crippen LogP contribution in [0.4, 0.5) is 5.69 Å². The van der Waals surface area contributed by atoms with Gasteiger partial charge in [-0.05, 0) is 55.9 Å². The normalized spacial score (nSPS) is 23.8. The molecule has 1 aliphatic carbocycles. The summed E-state index contributed by atoms with van der Waals surface area (Å²) in [4.78, 5) is 24.6. The maximum atomic E-state index is 12.4. The Labute approximate surface area is 180 Å². The van der Waals surface area contributed by atoms with Gasteiger partial charge in [0.05, 0.1) is 5.71 Å². The molecule has 3 rings (SSSR count). The molecule has 1 aromatic rings. The molecule has 1 saturated heterocycles. The third-order valence-electron chi connectivity index (χ3n) is 4.79. The van der Waals surface area contributed by atoms with E-state index in [-0.39, 0.29) is 23.7 Å². The van der Waals surface area contributed by atoms with Crippen LogP contribution in [0.25, 0.3) is 0 Å². The number of hydrogen-bond donors (Lipinski definition) is 2. The van der Waals surface area contributed by atoms with Crippen LogP contribution in [0, 0.1) is 12.3 Å². The van der Waals surface area contributed by atoms with Gasteiger partial charge in [-0.2, -0.15) is 5.10 Å². The van der Waals surface area contributed by atoms with Crippen LogP contribution in [-0.2, 0) is 9.59 Å². The summed E-state index contributed by atoms with van der Waals surface area (Å²) in [6.07, 6.45) is 3.97. The van der Waals surface area contributed by atoms with Crippen molar-refractivity contribution in [1.82, 2.24) is 5.32 Å². The van der Waals surface area contributed by atoms with E-state index in [0.29, 0.717) is 15.9 Å². The number of thioether (sulfide) groups is 1. The van der Waals surface area contributed by atoms with E-state index in [1.165, 1.54) is 17.3 Å². The molecule has 0 aromatic heterocycles. The summed E-state index contributed by atoms with van der Waals surface area (Å²) in [6, 6.07) is 5.32. The molecule has 1 atom stereocenters. The average Bonchev–Trinajstić information content (AvgIpc) is 2.95. The molecule has 29 heavy (non-hydrogen) atoms. The van der Waals surface area contributed by atoms with Crippen LogP contribution in [0.3, 0.4) is 0 Å². The predicted molar refractivity (Wildman–Crippen MR) is 121 cm³/mol. The first kappa shape index (κ1) is 21.6. The topological polar surface area (TPSA) is 82.9 Å². The summed E-state index contributed by atoms with van der Waals surface area (Å²) in [5, 5.41) is 14.5. The van der Waals surface area contributed by atoms with Crippen LogP contribution in [-0.4, -0.2) is 27.9 Å². The third kappa shape index (κ3) is 5.70. The van der Waals surface area contributed by atoms with Crippen molar-refractivity contribution < 1.29 is 9.59 Å². The maximum Gasteiger partial charge on any atom is 0.240 e. The van der Waals surface area contributed by atoms with Gasteiger partial charge in [-0.1, -0.05) is 48.8 Å². The first-order valence-corrected chi connectivity index (χ1v) is 10.7. The van der Waals surface area contributed by atoms with Crippen LogP contribution >= 0.6 is 23.4 Å². The Morgan fingerprint density at radius 1 is 1.31 bits per heavy atom. The molecule has 1 aliphatic heterocycles. The Hall–Kier alpha value is -2.12. The van der Waals surface area contributed by atoms with Crippen molar-refractivity contribution in [2.45, 2.75) is 52.2 Å². The van der Waals surface area contributed by atoms with Gasteiger partial charge in [0, 0.05) is 17.1 Å². The van der Waals surface area contributed by atoms with Crippen molar-refractivity contribution in [3.05, 3.63) is 40.4 Å². The van der Waals surface area contributed by atoms with E-state index in [1.807, 2.05) is 6.92 Å². The third-order valence-corrected chi connectivity index (χ3v) is 6.27. The fourth-order valence-electron chi connectivity index (χ4n) is 3.57. The fourth-order valence-corrected chi connectivity index (χ4v) is 4.66. The van der Waals surface area contributed by atoms with Crippen LogP contribution in [0.2, 0.25) is 5.02 Å². The lowest BCUT2D eigenvalue weighted by Gasteiger charge is -2.28. The number of anilines is 1. The van der Waals surface area contributed by atoms with Crippen molar-refractivity contribution in [2.24, 2.45) is 15.6 Å². The molecule has 154 valence electrons. The average molecular weight is 433 g/mol. The van der Waals surface area contributed by atoms with Crippen LogP contribution in [0.15, 0.2) is 40.1 Å². The van der Waals surface area contributed by atoms with E-state index < -0.39 is 5.25 Å². The lowest BCUT2D eigenvalue weighted by atomic mass is 9.77. The maximum absolute atomic E-state index is 12.4. The number of hydrogen-bond acceptors (Lipinski definition) is 5. The minimum Gasteiger partial charge on any atom is -0.326 e. The largest absolute Gasteiger partial charge is 0.326 e. The molecule has 2 amide bonds. The second-order valence-electron chi connectivity index (χ2n) is 8.27. The van der Waals surface area contributed by atoms with Crippen LogP contribution < -0.4 is 10.6 Å². The van der Waals surface area contributed by atoms with Gasteiger partial charge in [0.25, 0.3) is 0 Å². The van der Waals surface area contributed by atoms with Gasteiger partial charge in [0.2, 0.25) is 11.8 Å². The highest BCUT2D eigenvalue weighted by Gasteiger charge is 2.32. The Balaban J connectivity index is 1.62. The first-order valence-electron chi connectivity index (χ1n) is 9.47. The van der Waals surface area contributed by atoms with Gasteiger partial charge < -0.3 is 10.6 Å². The fraction of sp³-hybridized carbons (Fsp3) is 0.429. The Bertz CT molecular complexity index is 937. The zero-order chi connectivity index (χ0) is 21.2. The van der Waals surface area contributed by atoms with E-state index in [0.717, 1.165) is 24.1 Å².